The van der Waals surface area contributed by atoms with Crippen LogP contribution in [0, 0.1) is 0 Å². The Bertz CT molecular complexity index is 445. The smallest absolute Gasteiger partial charge is 0.244 e. The lowest BCUT2D eigenvalue weighted by molar-refractivity contribution is -0.128. The van der Waals surface area contributed by atoms with Crippen LogP contribution in [0.4, 0.5) is 0 Å². The number of carbonyl (C=O) groups is 1. The number of hydrogen-bond donors (Lipinski definition) is 2. The molecule has 0 aromatic heterocycles. The maximum atomic E-state index is 12.0. The molecule has 0 radical (unpaired) electrons. The molecule has 0 saturated carbocycles. The lowest BCUT2D eigenvalue weighted by Gasteiger charge is -2.34. The topological polar surface area (TPSA) is 41.1 Å². The van der Waals surface area contributed by atoms with Crippen LogP contribution in [0.25, 0.3) is 0 Å². The Morgan fingerprint density at radius 2 is 1.72 bits per heavy atom. The second-order valence-electron chi connectivity index (χ2n) is 6.14. The highest BCUT2D eigenvalue weighted by Crippen LogP contribution is 2.27. The zero-order chi connectivity index (χ0) is 13.4. The van der Waals surface area contributed by atoms with Gasteiger partial charge >= 0.3 is 0 Å². The third kappa shape index (κ3) is 2.27. The van der Waals surface area contributed by atoms with Gasteiger partial charge in [0.2, 0.25) is 5.91 Å². The summed E-state index contributed by atoms with van der Waals surface area (Å²) in [5.41, 5.74) is 1.84. The summed E-state index contributed by atoms with van der Waals surface area (Å²) in [6.45, 7) is 10.0. The summed E-state index contributed by atoms with van der Waals surface area (Å²) in [4.78, 5) is 12.0. The first-order valence-corrected chi connectivity index (χ1v) is 6.48. The van der Waals surface area contributed by atoms with Crippen LogP contribution in [0.1, 0.15) is 38.8 Å². The van der Waals surface area contributed by atoms with Crippen LogP contribution in [0.3, 0.4) is 0 Å². The predicted octanol–water partition coefficient (Wildman–Crippen LogP) is 1.92. The summed E-state index contributed by atoms with van der Waals surface area (Å²) in [7, 11) is 0. The molecular weight excluding hydrogens is 224 g/mol. The minimum absolute atomic E-state index is 0.0530. The van der Waals surface area contributed by atoms with Crippen molar-refractivity contribution in [3.63, 3.8) is 0 Å². The molecule has 98 valence electrons. The summed E-state index contributed by atoms with van der Waals surface area (Å²) in [5.74, 6) is 0.0530. The van der Waals surface area contributed by atoms with Gasteiger partial charge in [0.05, 0.1) is 0 Å². The average molecular weight is 246 g/mol. The van der Waals surface area contributed by atoms with E-state index in [1.165, 1.54) is 5.56 Å². The van der Waals surface area contributed by atoms with Gasteiger partial charge in [-0.1, -0.05) is 45.0 Å². The zero-order valence-corrected chi connectivity index (χ0v) is 11.6. The van der Waals surface area contributed by atoms with Crippen molar-refractivity contribution in [3.05, 3.63) is 35.4 Å². The lowest BCUT2D eigenvalue weighted by atomic mass is 9.83. The third-order valence-corrected chi connectivity index (χ3v) is 3.67. The van der Waals surface area contributed by atoms with E-state index in [0.717, 1.165) is 12.1 Å². The van der Waals surface area contributed by atoms with Crippen molar-refractivity contribution in [2.45, 2.75) is 38.6 Å². The molecule has 1 saturated heterocycles. The lowest BCUT2D eigenvalue weighted by Crippen LogP contribution is -2.59. The van der Waals surface area contributed by atoms with Crippen LogP contribution in [-0.2, 0) is 15.7 Å². The molecule has 1 unspecified atom stereocenters. The second kappa shape index (κ2) is 4.39. The molecule has 3 nitrogen and oxygen atoms in total. The minimum Gasteiger partial charge on any atom is -0.353 e. The van der Waals surface area contributed by atoms with Crippen LogP contribution < -0.4 is 10.6 Å². The summed E-state index contributed by atoms with van der Waals surface area (Å²) < 4.78 is 0. The number of hydrogen-bond acceptors (Lipinski definition) is 2. The van der Waals surface area contributed by atoms with Gasteiger partial charge in [0, 0.05) is 13.1 Å². The number of rotatable bonds is 1. The molecule has 1 aromatic carbocycles. The van der Waals surface area contributed by atoms with Gasteiger partial charge in [-0.15, -0.1) is 0 Å². The molecular formula is C15H22N2O. The van der Waals surface area contributed by atoms with Gasteiger partial charge in [0.1, 0.15) is 5.54 Å². The molecule has 2 N–H and O–H groups in total. The first-order chi connectivity index (χ1) is 8.34. The summed E-state index contributed by atoms with van der Waals surface area (Å²) in [6, 6.07) is 8.34. The maximum absolute atomic E-state index is 12.0. The van der Waals surface area contributed by atoms with E-state index in [4.69, 9.17) is 0 Å². The molecule has 1 aromatic rings. The van der Waals surface area contributed by atoms with Crippen LogP contribution in [0.2, 0.25) is 0 Å². The van der Waals surface area contributed by atoms with Gasteiger partial charge in [-0.25, -0.2) is 0 Å². The fraction of sp³-hybridized carbons (Fsp3) is 0.533. The molecule has 2 rings (SSSR count). The van der Waals surface area contributed by atoms with Gasteiger partial charge in [0.25, 0.3) is 0 Å². The van der Waals surface area contributed by atoms with Crippen molar-refractivity contribution in [1.29, 1.82) is 0 Å². The molecule has 1 fully saturated rings. The van der Waals surface area contributed by atoms with Crippen molar-refractivity contribution < 1.29 is 4.79 Å². The van der Waals surface area contributed by atoms with Crippen molar-refractivity contribution in [2.75, 3.05) is 13.1 Å². The molecule has 1 heterocycles. The van der Waals surface area contributed by atoms with E-state index in [2.05, 4.69) is 55.7 Å². The number of amides is 1. The van der Waals surface area contributed by atoms with Gasteiger partial charge in [-0.3, -0.25) is 10.1 Å². The molecule has 1 atom stereocenters. The quantitative estimate of drug-likeness (QED) is 0.795. The largest absolute Gasteiger partial charge is 0.353 e. The fourth-order valence-electron chi connectivity index (χ4n) is 2.28. The first kappa shape index (κ1) is 13.1. The van der Waals surface area contributed by atoms with E-state index in [0.29, 0.717) is 6.54 Å². The Balaban J connectivity index is 2.31. The van der Waals surface area contributed by atoms with Gasteiger partial charge in [-0.2, -0.15) is 0 Å². The Hall–Kier alpha value is -1.35. The van der Waals surface area contributed by atoms with E-state index < -0.39 is 5.54 Å². The molecule has 0 spiro atoms. The van der Waals surface area contributed by atoms with Crippen molar-refractivity contribution in [3.8, 4) is 0 Å². The minimum atomic E-state index is -0.603. The summed E-state index contributed by atoms with van der Waals surface area (Å²) in [6.07, 6.45) is 0. The van der Waals surface area contributed by atoms with Gasteiger partial charge in [0.15, 0.2) is 0 Å². The van der Waals surface area contributed by atoms with E-state index in [1.807, 2.05) is 6.92 Å². The van der Waals surface area contributed by atoms with Crippen LogP contribution in [-0.4, -0.2) is 19.0 Å². The molecule has 1 aliphatic heterocycles. The standard InChI is InChI=1S/C15H22N2O/c1-14(2,3)11-5-7-12(8-6-11)15(4)13(18)16-9-10-17-15/h5-8,17H,9-10H2,1-4H3,(H,16,18). The highest BCUT2D eigenvalue weighted by Gasteiger charge is 2.36. The molecule has 1 amide bonds. The monoisotopic (exact) mass is 246 g/mol. The predicted molar refractivity (Wildman–Crippen MR) is 73.5 cm³/mol. The Morgan fingerprint density at radius 1 is 1.11 bits per heavy atom. The van der Waals surface area contributed by atoms with E-state index in [1.54, 1.807) is 0 Å². The first-order valence-electron chi connectivity index (χ1n) is 6.48. The number of nitrogens with one attached hydrogen (secondary N) is 2. The number of carbonyl (C=O) groups excluding carboxylic acids is 1. The van der Waals surface area contributed by atoms with Crippen LogP contribution in [0.15, 0.2) is 24.3 Å². The summed E-state index contributed by atoms with van der Waals surface area (Å²) in [5, 5.41) is 6.22. The fourth-order valence-corrected chi connectivity index (χ4v) is 2.28. The van der Waals surface area contributed by atoms with Gasteiger partial charge in [-0.05, 0) is 23.5 Å². The average Bonchev–Trinajstić information content (AvgIpc) is 2.32. The molecule has 18 heavy (non-hydrogen) atoms. The molecule has 3 heteroatoms. The highest BCUT2D eigenvalue weighted by molar-refractivity contribution is 5.88. The maximum Gasteiger partial charge on any atom is 0.244 e. The Kier molecular flexibility index (Phi) is 3.20. The zero-order valence-electron chi connectivity index (χ0n) is 11.6. The van der Waals surface area contributed by atoms with Crippen molar-refractivity contribution in [1.82, 2.24) is 10.6 Å². The van der Waals surface area contributed by atoms with E-state index >= 15 is 0 Å². The number of benzene rings is 1. The van der Waals surface area contributed by atoms with E-state index in [-0.39, 0.29) is 11.3 Å². The van der Waals surface area contributed by atoms with E-state index in [9.17, 15) is 4.79 Å². The third-order valence-electron chi connectivity index (χ3n) is 3.67. The molecule has 0 aliphatic carbocycles. The van der Waals surface area contributed by atoms with Crippen molar-refractivity contribution in [2.24, 2.45) is 0 Å². The van der Waals surface area contributed by atoms with Gasteiger partial charge < -0.3 is 5.32 Å². The molecule has 1 aliphatic rings. The SMILES string of the molecule is CC(C)(C)c1ccc(C2(C)NCCNC2=O)cc1. The van der Waals surface area contributed by atoms with Crippen LogP contribution in [0.5, 0.6) is 0 Å². The van der Waals surface area contributed by atoms with Crippen molar-refractivity contribution >= 4 is 5.91 Å². The second-order valence-corrected chi connectivity index (χ2v) is 6.14. The Morgan fingerprint density at radius 3 is 2.22 bits per heavy atom. The molecule has 0 bridgehead atoms. The highest BCUT2D eigenvalue weighted by atomic mass is 16.2. The van der Waals surface area contributed by atoms with Crippen LogP contribution >= 0.6 is 0 Å². The number of piperazine rings is 1. The summed E-state index contributed by atoms with van der Waals surface area (Å²) >= 11 is 0. The normalized spacial score (nSPS) is 24.8. The Labute approximate surface area is 109 Å².